The lowest BCUT2D eigenvalue weighted by Gasteiger charge is -2.13. The molecule has 2 aromatic rings. The van der Waals surface area contributed by atoms with E-state index in [0.717, 1.165) is 10.5 Å². The summed E-state index contributed by atoms with van der Waals surface area (Å²) in [5, 5.41) is 0. The van der Waals surface area contributed by atoms with Crippen LogP contribution in [0.4, 0.5) is 13.2 Å². The Hall–Kier alpha value is -1.56. The Bertz CT molecular complexity index is 555. The summed E-state index contributed by atoms with van der Waals surface area (Å²) in [7, 11) is 0. The summed E-state index contributed by atoms with van der Waals surface area (Å²) in [5.41, 5.74) is -0.229. The number of para-hydroxylation sites is 1. The van der Waals surface area contributed by atoms with Crippen molar-refractivity contribution in [1.29, 1.82) is 0 Å². The minimum absolute atomic E-state index is 0.0135. The number of pyridine rings is 1. The maximum absolute atomic E-state index is 12.7. The Morgan fingerprint density at radius 3 is 2.47 bits per heavy atom. The van der Waals surface area contributed by atoms with Crippen molar-refractivity contribution in [1.82, 2.24) is 4.98 Å². The van der Waals surface area contributed by atoms with Gasteiger partial charge >= 0.3 is 6.18 Å². The van der Waals surface area contributed by atoms with Crippen LogP contribution < -0.4 is 4.74 Å². The van der Waals surface area contributed by atoms with E-state index in [1.54, 1.807) is 18.3 Å². The van der Waals surface area contributed by atoms with Gasteiger partial charge in [0.25, 0.3) is 0 Å². The van der Waals surface area contributed by atoms with Crippen LogP contribution in [0.2, 0.25) is 0 Å². The first-order valence-electron chi connectivity index (χ1n) is 5.36. The van der Waals surface area contributed by atoms with E-state index >= 15 is 0 Å². The van der Waals surface area contributed by atoms with Crippen LogP contribution in [0.3, 0.4) is 0 Å². The van der Waals surface area contributed by atoms with Gasteiger partial charge in [-0.1, -0.05) is 12.1 Å². The van der Waals surface area contributed by atoms with E-state index in [2.05, 4.69) is 20.9 Å². The fourth-order valence-corrected chi connectivity index (χ4v) is 1.70. The van der Waals surface area contributed by atoms with Crippen molar-refractivity contribution in [2.45, 2.75) is 12.8 Å². The normalized spacial score (nSPS) is 11.4. The van der Waals surface area contributed by atoms with Crippen molar-refractivity contribution < 1.29 is 17.9 Å². The summed E-state index contributed by atoms with van der Waals surface area (Å²) in [6, 6.07) is 8.54. The zero-order valence-corrected chi connectivity index (χ0v) is 11.2. The van der Waals surface area contributed by atoms with Crippen LogP contribution in [0, 0.1) is 0 Å². The molecule has 0 bridgehead atoms. The molecule has 1 heterocycles. The molecule has 100 valence electrons. The zero-order chi connectivity index (χ0) is 13.9. The lowest BCUT2D eigenvalue weighted by molar-refractivity contribution is -0.139. The molecule has 0 amide bonds. The molecule has 0 atom stereocenters. The minimum Gasteiger partial charge on any atom is -0.487 e. The maximum Gasteiger partial charge on any atom is 0.419 e. The smallest absolute Gasteiger partial charge is 0.419 e. The van der Waals surface area contributed by atoms with E-state index in [1.807, 2.05) is 0 Å². The van der Waals surface area contributed by atoms with Crippen molar-refractivity contribution in [2.75, 3.05) is 0 Å². The van der Waals surface area contributed by atoms with Gasteiger partial charge in [0.05, 0.1) is 11.3 Å². The Balaban J connectivity index is 2.14. The van der Waals surface area contributed by atoms with Crippen LogP contribution in [0.25, 0.3) is 0 Å². The van der Waals surface area contributed by atoms with Crippen molar-refractivity contribution in [2.24, 2.45) is 0 Å². The molecular weight excluding hydrogens is 323 g/mol. The summed E-state index contributed by atoms with van der Waals surface area (Å²) in [6.45, 7) is -0.0135. The standard InChI is InChI=1S/C13H9BrF3NO/c14-9-5-6-10(18-7-9)8-19-12-4-2-1-3-11(12)13(15,16)17/h1-7H,8H2. The fraction of sp³-hybridized carbons (Fsp3) is 0.154. The van der Waals surface area contributed by atoms with Crippen molar-refractivity contribution >= 4 is 15.9 Å². The molecule has 0 saturated carbocycles. The molecule has 0 saturated heterocycles. The van der Waals surface area contributed by atoms with Gasteiger partial charge in [0, 0.05) is 10.7 Å². The van der Waals surface area contributed by atoms with Gasteiger partial charge in [-0.25, -0.2) is 0 Å². The third-order valence-electron chi connectivity index (χ3n) is 2.36. The average Bonchev–Trinajstić information content (AvgIpc) is 2.37. The van der Waals surface area contributed by atoms with E-state index in [0.29, 0.717) is 5.69 Å². The molecule has 6 heteroatoms. The number of halogens is 4. The molecule has 1 aromatic carbocycles. The molecule has 0 radical (unpaired) electrons. The summed E-state index contributed by atoms with van der Waals surface area (Å²) in [5.74, 6) is -0.195. The fourth-order valence-electron chi connectivity index (χ4n) is 1.47. The molecule has 0 aliphatic heterocycles. The van der Waals surface area contributed by atoms with Crippen LogP contribution in [0.5, 0.6) is 5.75 Å². The average molecular weight is 332 g/mol. The van der Waals surface area contributed by atoms with Crippen molar-refractivity contribution in [3.63, 3.8) is 0 Å². The first-order valence-corrected chi connectivity index (χ1v) is 6.15. The number of rotatable bonds is 3. The third kappa shape index (κ3) is 3.70. The predicted molar refractivity (Wildman–Crippen MR) is 67.7 cm³/mol. The van der Waals surface area contributed by atoms with Crippen LogP contribution in [0.1, 0.15) is 11.3 Å². The SMILES string of the molecule is FC(F)(F)c1ccccc1OCc1ccc(Br)cn1. The number of hydrogen-bond donors (Lipinski definition) is 0. The molecule has 2 nitrogen and oxygen atoms in total. The number of hydrogen-bond acceptors (Lipinski definition) is 2. The van der Waals surface area contributed by atoms with E-state index in [-0.39, 0.29) is 12.4 Å². The molecule has 0 spiro atoms. The van der Waals surface area contributed by atoms with Gasteiger partial charge in [0.2, 0.25) is 0 Å². The van der Waals surface area contributed by atoms with Crippen molar-refractivity contribution in [3.8, 4) is 5.75 Å². The zero-order valence-electron chi connectivity index (χ0n) is 9.62. The van der Waals surface area contributed by atoms with Gasteiger partial charge in [-0.2, -0.15) is 13.2 Å². The first-order chi connectivity index (χ1) is 8.97. The molecule has 0 aliphatic rings. The summed E-state index contributed by atoms with van der Waals surface area (Å²) >= 11 is 3.23. The molecule has 0 aliphatic carbocycles. The second kappa shape index (κ2) is 5.61. The Kier molecular flexibility index (Phi) is 4.09. The molecular formula is C13H9BrF3NO. The van der Waals surface area contributed by atoms with E-state index in [1.165, 1.54) is 18.2 Å². The highest BCUT2D eigenvalue weighted by atomic mass is 79.9. The number of alkyl halides is 3. The summed E-state index contributed by atoms with van der Waals surface area (Å²) in [6.07, 6.45) is -2.86. The largest absolute Gasteiger partial charge is 0.487 e. The van der Waals surface area contributed by atoms with Gasteiger partial charge in [-0.15, -0.1) is 0 Å². The maximum atomic E-state index is 12.7. The Morgan fingerprint density at radius 2 is 1.84 bits per heavy atom. The van der Waals surface area contributed by atoms with Gasteiger partial charge in [-0.3, -0.25) is 4.98 Å². The topological polar surface area (TPSA) is 22.1 Å². The lowest BCUT2D eigenvalue weighted by Crippen LogP contribution is -2.08. The quantitative estimate of drug-likeness (QED) is 0.829. The minimum atomic E-state index is -4.43. The molecule has 0 unspecified atom stereocenters. The Morgan fingerprint density at radius 1 is 1.11 bits per heavy atom. The van der Waals surface area contributed by atoms with E-state index in [9.17, 15) is 13.2 Å². The lowest BCUT2D eigenvalue weighted by atomic mass is 10.2. The Labute approximate surface area is 116 Å². The van der Waals surface area contributed by atoms with Crippen LogP contribution in [-0.4, -0.2) is 4.98 Å². The molecule has 0 N–H and O–H groups in total. The second-order valence-corrected chi connectivity index (χ2v) is 4.67. The van der Waals surface area contributed by atoms with E-state index < -0.39 is 11.7 Å². The van der Waals surface area contributed by atoms with Gasteiger partial charge in [0.15, 0.2) is 0 Å². The van der Waals surface area contributed by atoms with E-state index in [4.69, 9.17) is 4.74 Å². The highest BCUT2D eigenvalue weighted by Crippen LogP contribution is 2.36. The van der Waals surface area contributed by atoms with Crippen LogP contribution >= 0.6 is 15.9 Å². The number of benzene rings is 1. The highest BCUT2D eigenvalue weighted by molar-refractivity contribution is 9.10. The van der Waals surface area contributed by atoms with Gasteiger partial charge in [-0.05, 0) is 40.2 Å². The molecule has 1 aromatic heterocycles. The summed E-state index contributed by atoms with van der Waals surface area (Å²) < 4.78 is 44.2. The second-order valence-electron chi connectivity index (χ2n) is 3.75. The third-order valence-corrected chi connectivity index (χ3v) is 2.83. The van der Waals surface area contributed by atoms with Crippen LogP contribution in [-0.2, 0) is 12.8 Å². The predicted octanol–water partition coefficient (Wildman–Crippen LogP) is 4.44. The number of ether oxygens (including phenoxy) is 1. The monoisotopic (exact) mass is 331 g/mol. The van der Waals surface area contributed by atoms with Gasteiger partial charge in [0.1, 0.15) is 12.4 Å². The first kappa shape index (κ1) is 13.9. The molecule has 19 heavy (non-hydrogen) atoms. The highest BCUT2D eigenvalue weighted by Gasteiger charge is 2.33. The van der Waals surface area contributed by atoms with Crippen molar-refractivity contribution in [3.05, 3.63) is 58.3 Å². The van der Waals surface area contributed by atoms with Gasteiger partial charge < -0.3 is 4.74 Å². The van der Waals surface area contributed by atoms with Crippen LogP contribution in [0.15, 0.2) is 47.1 Å². The summed E-state index contributed by atoms with van der Waals surface area (Å²) in [4.78, 5) is 4.03. The number of nitrogens with zero attached hydrogens (tertiary/aromatic N) is 1. The molecule has 0 fully saturated rings. The number of aromatic nitrogens is 1. The molecule has 2 rings (SSSR count).